The highest BCUT2D eigenvalue weighted by molar-refractivity contribution is 6.31. The summed E-state index contributed by atoms with van der Waals surface area (Å²) < 4.78 is 26.2. The molecule has 6 heteroatoms. The lowest BCUT2D eigenvalue weighted by Gasteiger charge is -2.38. The molecule has 4 nitrogen and oxygen atoms in total. The molecule has 5 rings (SSSR count). The van der Waals surface area contributed by atoms with Gasteiger partial charge in [0.2, 0.25) is 6.23 Å². The van der Waals surface area contributed by atoms with Crippen molar-refractivity contribution in [2.75, 3.05) is 0 Å². The van der Waals surface area contributed by atoms with Gasteiger partial charge in [0, 0.05) is 12.0 Å². The van der Waals surface area contributed by atoms with Gasteiger partial charge in [-0.05, 0) is 30.3 Å². The number of ether oxygens (including phenoxy) is 1. The molecule has 3 heterocycles. The van der Waals surface area contributed by atoms with E-state index >= 15 is 0 Å². The van der Waals surface area contributed by atoms with Crippen molar-refractivity contribution in [3.63, 3.8) is 0 Å². The van der Waals surface area contributed by atoms with Gasteiger partial charge >= 0.3 is 0 Å². The Morgan fingerprint density at radius 2 is 1.96 bits per heavy atom. The van der Waals surface area contributed by atoms with E-state index in [1.165, 1.54) is 6.07 Å². The minimum atomic E-state index is -0.740. The zero-order chi connectivity index (χ0) is 17.7. The summed E-state index contributed by atoms with van der Waals surface area (Å²) in [5.41, 5.74) is 2.11. The van der Waals surface area contributed by atoms with E-state index in [1.54, 1.807) is 23.4 Å². The molecule has 0 N–H and O–H groups in total. The van der Waals surface area contributed by atoms with Gasteiger partial charge in [-0.25, -0.2) is 9.40 Å². The van der Waals surface area contributed by atoms with Crippen LogP contribution in [0.2, 0.25) is 5.02 Å². The first-order valence-electron chi connectivity index (χ1n) is 8.31. The summed E-state index contributed by atoms with van der Waals surface area (Å²) in [7, 11) is 0. The summed E-state index contributed by atoms with van der Waals surface area (Å²) in [6.45, 7) is 0. The van der Waals surface area contributed by atoms with Gasteiger partial charge in [0.15, 0.2) is 0 Å². The molecule has 0 amide bonds. The molecular formula is C20H14ClFN2O2. The van der Waals surface area contributed by atoms with Gasteiger partial charge in [-0.1, -0.05) is 35.9 Å². The Kier molecular flexibility index (Phi) is 3.50. The summed E-state index contributed by atoms with van der Waals surface area (Å²) in [5.74, 6) is 1.01. The molecule has 2 aromatic carbocycles. The van der Waals surface area contributed by atoms with E-state index in [1.807, 2.05) is 36.4 Å². The molecule has 2 atom stereocenters. The first kappa shape index (κ1) is 15.5. The Hall–Kier alpha value is -2.79. The molecule has 0 saturated heterocycles. The minimum absolute atomic E-state index is 0.0688. The van der Waals surface area contributed by atoms with E-state index in [4.69, 9.17) is 25.9 Å². The summed E-state index contributed by atoms with van der Waals surface area (Å²) in [4.78, 5) is 0. The number of nitrogens with zero attached hydrogens (tertiary/aromatic N) is 2. The fourth-order valence-corrected chi connectivity index (χ4v) is 3.82. The molecule has 1 aromatic heterocycles. The quantitative estimate of drug-likeness (QED) is 0.614. The lowest BCUT2D eigenvalue weighted by Crippen LogP contribution is -2.34. The third-order valence-electron chi connectivity index (χ3n) is 4.75. The van der Waals surface area contributed by atoms with Crippen molar-refractivity contribution in [2.24, 2.45) is 5.10 Å². The SMILES string of the molecule is Fc1cccc(Cl)c1[C@H]1Oc2ccccc2[C@H]2CC(c3ccco3)=NN21. The second kappa shape index (κ2) is 5.88. The van der Waals surface area contributed by atoms with Crippen LogP contribution >= 0.6 is 11.6 Å². The van der Waals surface area contributed by atoms with Crippen molar-refractivity contribution < 1.29 is 13.5 Å². The Labute approximate surface area is 154 Å². The van der Waals surface area contributed by atoms with Gasteiger partial charge in [-0.2, -0.15) is 5.10 Å². The zero-order valence-electron chi connectivity index (χ0n) is 13.6. The average molecular weight is 369 g/mol. The van der Waals surface area contributed by atoms with E-state index < -0.39 is 12.0 Å². The zero-order valence-corrected chi connectivity index (χ0v) is 14.4. The van der Waals surface area contributed by atoms with Gasteiger partial charge in [0.1, 0.15) is 23.0 Å². The van der Waals surface area contributed by atoms with E-state index in [-0.39, 0.29) is 11.6 Å². The van der Waals surface area contributed by atoms with Crippen LogP contribution in [0.1, 0.15) is 35.6 Å². The fraction of sp³-hybridized carbons (Fsp3) is 0.150. The van der Waals surface area contributed by atoms with Crippen molar-refractivity contribution in [1.82, 2.24) is 5.01 Å². The van der Waals surface area contributed by atoms with E-state index in [0.717, 1.165) is 11.3 Å². The Balaban J connectivity index is 1.66. The molecule has 26 heavy (non-hydrogen) atoms. The Morgan fingerprint density at radius 3 is 2.77 bits per heavy atom. The van der Waals surface area contributed by atoms with E-state index in [9.17, 15) is 4.39 Å². The number of benzene rings is 2. The van der Waals surface area contributed by atoms with Crippen molar-refractivity contribution in [3.05, 3.63) is 88.6 Å². The number of hydrogen-bond acceptors (Lipinski definition) is 4. The van der Waals surface area contributed by atoms with Crippen molar-refractivity contribution in [1.29, 1.82) is 0 Å². The molecule has 0 spiro atoms. The summed E-state index contributed by atoms with van der Waals surface area (Å²) in [5, 5.41) is 6.79. The smallest absolute Gasteiger partial charge is 0.218 e. The van der Waals surface area contributed by atoms with Crippen LogP contribution < -0.4 is 4.74 Å². The van der Waals surface area contributed by atoms with Crippen LogP contribution in [-0.4, -0.2) is 10.7 Å². The number of furan rings is 1. The normalized spacial score (nSPS) is 21.0. The maximum atomic E-state index is 14.6. The van der Waals surface area contributed by atoms with Crippen molar-refractivity contribution in [3.8, 4) is 5.75 Å². The first-order chi connectivity index (χ1) is 12.7. The molecule has 2 aliphatic heterocycles. The maximum Gasteiger partial charge on any atom is 0.218 e. The first-order valence-corrected chi connectivity index (χ1v) is 8.69. The van der Waals surface area contributed by atoms with E-state index in [2.05, 4.69) is 0 Å². The van der Waals surface area contributed by atoms with Crippen molar-refractivity contribution in [2.45, 2.75) is 18.7 Å². The molecule has 130 valence electrons. The topological polar surface area (TPSA) is 38.0 Å². The molecule has 0 bridgehead atoms. The highest BCUT2D eigenvalue weighted by Crippen LogP contribution is 2.48. The van der Waals surface area contributed by atoms with Crippen LogP contribution in [0.3, 0.4) is 0 Å². The van der Waals surface area contributed by atoms with Gasteiger partial charge in [-0.15, -0.1) is 0 Å². The molecule has 0 radical (unpaired) electrons. The maximum absolute atomic E-state index is 14.6. The minimum Gasteiger partial charge on any atom is -0.464 e. The second-order valence-corrected chi connectivity index (χ2v) is 6.67. The van der Waals surface area contributed by atoms with Crippen LogP contribution in [0.4, 0.5) is 4.39 Å². The van der Waals surface area contributed by atoms with Crippen LogP contribution in [0.15, 0.2) is 70.4 Å². The molecular weight excluding hydrogens is 355 g/mol. The second-order valence-electron chi connectivity index (χ2n) is 6.27. The molecule has 2 aliphatic rings. The number of fused-ring (bicyclic) bond motifs is 3. The molecule has 0 unspecified atom stereocenters. The Bertz CT molecular complexity index is 983. The number of rotatable bonds is 2. The molecule has 3 aromatic rings. The third kappa shape index (κ3) is 2.31. The largest absolute Gasteiger partial charge is 0.464 e. The molecule has 0 fully saturated rings. The Morgan fingerprint density at radius 1 is 1.08 bits per heavy atom. The van der Waals surface area contributed by atoms with Gasteiger partial charge in [-0.3, -0.25) is 0 Å². The number of hydrogen-bond donors (Lipinski definition) is 0. The number of halogens is 2. The summed E-state index contributed by atoms with van der Waals surface area (Å²) >= 11 is 6.30. The predicted molar refractivity (Wildman–Crippen MR) is 95.7 cm³/mol. The van der Waals surface area contributed by atoms with Gasteiger partial charge < -0.3 is 9.15 Å². The van der Waals surface area contributed by atoms with Gasteiger partial charge in [0.05, 0.1) is 22.9 Å². The summed E-state index contributed by atoms with van der Waals surface area (Å²) in [6.07, 6.45) is 1.53. The fourth-order valence-electron chi connectivity index (χ4n) is 3.56. The monoisotopic (exact) mass is 368 g/mol. The van der Waals surface area contributed by atoms with E-state index in [0.29, 0.717) is 23.0 Å². The van der Waals surface area contributed by atoms with Crippen LogP contribution in [-0.2, 0) is 0 Å². The van der Waals surface area contributed by atoms with Crippen LogP contribution in [0.5, 0.6) is 5.75 Å². The summed E-state index contributed by atoms with van der Waals surface area (Å²) in [6, 6.07) is 16.0. The third-order valence-corrected chi connectivity index (χ3v) is 5.08. The highest BCUT2D eigenvalue weighted by atomic mass is 35.5. The van der Waals surface area contributed by atoms with Crippen LogP contribution in [0, 0.1) is 5.82 Å². The van der Waals surface area contributed by atoms with Crippen molar-refractivity contribution >= 4 is 17.3 Å². The average Bonchev–Trinajstić information content (AvgIpc) is 3.31. The number of hydrazone groups is 1. The highest BCUT2D eigenvalue weighted by Gasteiger charge is 2.42. The molecule has 0 aliphatic carbocycles. The van der Waals surface area contributed by atoms with Crippen LogP contribution in [0.25, 0.3) is 0 Å². The molecule has 0 saturated carbocycles. The predicted octanol–water partition coefficient (Wildman–Crippen LogP) is 5.31. The lowest BCUT2D eigenvalue weighted by molar-refractivity contribution is -0.0211. The lowest BCUT2D eigenvalue weighted by atomic mass is 9.97. The standard InChI is InChI=1S/C20H14ClFN2O2/c21-13-6-3-7-14(22)19(13)20-24-16(12-5-1-2-8-17(12)26-20)11-15(23-24)18-9-4-10-25-18/h1-10,16,20H,11H2/t16-,20-/m1/s1. The van der Waals surface area contributed by atoms with Gasteiger partial charge in [0.25, 0.3) is 0 Å². The number of para-hydroxylation sites is 1.